The fraction of sp³-hybridized carbons (Fsp3) is 0.364. The molecule has 0 spiro atoms. The van der Waals surface area contributed by atoms with Gasteiger partial charge in [0.2, 0.25) is 5.91 Å². The number of carbonyl (C=O) groups excluding carboxylic acids is 1. The number of amides is 1. The molecule has 2 N–H and O–H groups in total. The number of rotatable bonds is 11. The molecule has 0 aromatic heterocycles. The molecule has 0 aliphatic heterocycles. The molecular weight excluding hydrogens is 372 g/mol. The molecule has 2 aromatic carbocycles. The summed E-state index contributed by atoms with van der Waals surface area (Å²) in [7, 11) is 0. The second kappa shape index (κ2) is 12.7. The molecule has 0 bridgehead atoms. The van der Waals surface area contributed by atoms with Gasteiger partial charge in [0.15, 0.2) is 5.11 Å². The number of anilines is 1. The first kappa shape index (κ1) is 21.7. The zero-order chi connectivity index (χ0) is 20.0. The molecule has 5 nitrogen and oxygen atoms in total. The molecule has 6 heteroatoms. The second-order valence-electron chi connectivity index (χ2n) is 6.35. The van der Waals surface area contributed by atoms with Crippen LogP contribution in [0.3, 0.4) is 0 Å². The van der Waals surface area contributed by atoms with Crippen LogP contribution in [0.25, 0.3) is 0 Å². The van der Waals surface area contributed by atoms with E-state index in [4.69, 9.17) is 21.7 Å². The number of nitrogens with one attached hydrogen (secondary N) is 2. The van der Waals surface area contributed by atoms with E-state index < -0.39 is 0 Å². The Morgan fingerprint density at radius 2 is 1.54 bits per heavy atom. The summed E-state index contributed by atoms with van der Waals surface area (Å²) in [5, 5.41) is 6.03. The highest BCUT2D eigenvalue weighted by Crippen LogP contribution is 2.16. The van der Waals surface area contributed by atoms with Gasteiger partial charge in [0, 0.05) is 12.1 Å². The van der Waals surface area contributed by atoms with Crippen molar-refractivity contribution in [2.75, 3.05) is 18.5 Å². The topological polar surface area (TPSA) is 59.6 Å². The number of para-hydroxylation sites is 1. The highest BCUT2D eigenvalue weighted by Gasteiger charge is 2.05. The third-order valence-corrected chi connectivity index (χ3v) is 4.19. The van der Waals surface area contributed by atoms with Crippen molar-refractivity contribution in [3.8, 4) is 11.5 Å². The monoisotopic (exact) mass is 400 g/mol. The van der Waals surface area contributed by atoms with Crippen molar-refractivity contribution in [3.05, 3.63) is 54.6 Å². The number of hydrogen-bond acceptors (Lipinski definition) is 4. The Hall–Kier alpha value is -2.60. The van der Waals surface area contributed by atoms with Crippen LogP contribution in [0.5, 0.6) is 11.5 Å². The summed E-state index contributed by atoms with van der Waals surface area (Å²) in [5.41, 5.74) is 0.796. The van der Waals surface area contributed by atoms with Gasteiger partial charge < -0.3 is 20.1 Å². The smallest absolute Gasteiger partial charge is 0.226 e. The molecule has 2 rings (SSSR count). The lowest BCUT2D eigenvalue weighted by molar-refractivity contribution is -0.119. The Balaban J connectivity index is 1.64. The number of unbranched alkanes of at least 4 members (excludes halogenated alkanes) is 3. The minimum atomic E-state index is -0.0491. The van der Waals surface area contributed by atoms with Crippen LogP contribution in [-0.4, -0.2) is 24.2 Å². The maximum Gasteiger partial charge on any atom is 0.226 e. The van der Waals surface area contributed by atoms with E-state index in [0.29, 0.717) is 24.7 Å². The van der Waals surface area contributed by atoms with Crippen LogP contribution in [0.15, 0.2) is 54.6 Å². The fourth-order valence-electron chi connectivity index (χ4n) is 2.53. The standard InChI is InChI=1S/C22H28N2O3S/c1-2-3-4-8-11-21(25)24-22(28)23-18-12-14-20(15-13-18)27-17-16-26-19-9-6-5-7-10-19/h5-7,9-10,12-15H,2-4,8,11,16-17H2,1H3,(H2,23,24,25,28). The summed E-state index contributed by atoms with van der Waals surface area (Å²) < 4.78 is 11.2. The van der Waals surface area contributed by atoms with Gasteiger partial charge in [-0.2, -0.15) is 0 Å². The van der Waals surface area contributed by atoms with Crippen molar-refractivity contribution in [3.63, 3.8) is 0 Å². The first-order valence-electron chi connectivity index (χ1n) is 9.69. The van der Waals surface area contributed by atoms with E-state index in [9.17, 15) is 4.79 Å². The lowest BCUT2D eigenvalue weighted by atomic mass is 10.1. The highest BCUT2D eigenvalue weighted by molar-refractivity contribution is 7.80. The van der Waals surface area contributed by atoms with Crippen LogP contribution in [0.2, 0.25) is 0 Å². The van der Waals surface area contributed by atoms with E-state index in [-0.39, 0.29) is 5.91 Å². The van der Waals surface area contributed by atoms with Crippen LogP contribution in [-0.2, 0) is 4.79 Å². The molecule has 0 heterocycles. The molecule has 0 saturated heterocycles. The third kappa shape index (κ3) is 8.86. The molecule has 0 fully saturated rings. The minimum Gasteiger partial charge on any atom is -0.490 e. The molecule has 0 radical (unpaired) electrons. The Morgan fingerprint density at radius 1 is 0.893 bits per heavy atom. The second-order valence-corrected chi connectivity index (χ2v) is 6.76. The molecule has 0 saturated carbocycles. The summed E-state index contributed by atoms with van der Waals surface area (Å²) >= 11 is 5.19. The number of ether oxygens (including phenoxy) is 2. The van der Waals surface area contributed by atoms with Gasteiger partial charge in [0.25, 0.3) is 0 Å². The molecule has 2 aromatic rings. The highest BCUT2D eigenvalue weighted by atomic mass is 32.1. The maximum atomic E-state index is 11.8. The van der Waals surface area contributed by atoms with E-state index in [2.05, 4.69) is 17.6 Å². The van der Waals surface area contributed by atoms with Crippen molar-refractivity contribution in [1.82, 2.24) is 5.32 Å². The van der Waals surface area contributed by atoms with Gasteiger partial charge in [0.05, 0.1) is 0 Å². The number of benzene rings is 2. The van der Waals surface area contributed by atoms with Crippen LogP contribution in [0, 0.1) is 0 Å². The van der Waals surface area contributed by atoms with E-state index in [1.807, 2.05) is 54.6 Å². The largest absolute Gasteiger partial charge is 0.490 e. The Labute approximate surface area is 172 Å². The third-order valence-electron chi connectivity index (χ3n) is 3.99. The van der Waals surface area contributed by atoms with E-state index >= 15 is 0 Å². The van der Waals surface area contributed by atoms with Gasteiger partial charge in [-0.1, -0.05) is 44.4 Å². The zero-order valence-electron chi connectivity index (χ0n) is 16.3. The molecular formula is C22H28N2O3S. The van der Waals surface area contributed by atoms with Gasteiger partial charge in [-0.05, 0) is 55.0 Å². The number of thiocarbonyl (C=S) groups is 1. The first-order valence-corrected chi connectivity index (χ1v) is 10.1. The van der Waals surface area contributed by atoms with Gasteiger partial charge in [0.1, 0.15) is 24.7 Å². The molecule has 0 aliphatic carbocycles. The molecule has 28 heavy (non-hydrogen) atoms. The lowest BCUT2D eigenvalue weighted by Gasteiger charge is -2.11. The molecule has 150 valence electrons. The summed E-state index contributed by atoms with van der Waals surface area (Å²) in [4.78, 5) is 11.8. The number of hydrogen-bond donors (Lipinski definition) is 2. The van der Waals surface area contributed by atoms with Crippen molar-refractivity contribution < 1.29 is 14.3 Å². The van der Waals surface area contributed by atoms with Crippen LogP contribution in [0.1, 0.15) is 39.0 Å². The van der Waals surface area contributed by atoms with Gasteiger partial charge >= 0.3 is 0 Å². The van der Waals surface area contributed by atoms with Crippen LogP contribution >= 0.6 is 12.2 Å². The summed E-state index contributed by atoms with van der Waals surface area (Å²) in [6, 6.07) is 17.0. The zero-order valence-corrected chi connectivity index (χ0v) is 17.1. The maximum absolute atomic E-state index is 11.8. The van der Waals surface area contributed by atoms with Gasteiger partial charge in [-0.25, -0.2) is 0 Å². The van der Waals surface area contributed by atoms with E-state index in [1.165, 1.54) is 0 Å². The minimum absolute atomic E-state index is 0.0491. The van der Waals surface area contributed by atoms with Gasteiger partial charge in [-0.15, -0.1) is 0 Å². The molecule has 0 atom stereocenters. The lowest BCUT2D eigenvalue weighted by Crippen LogP contribution is -2.33. The SMILES string of the molecule is CCCCCCC(=O)NC(=S)Nc1ccc(OCCOc2ccccc2)cc1. The Kier molecular flexibility index (Phi) is 9.86. The Morgan fingerprint density at radius 3 is 2.18 bits per heavy atom. The molecule has 1 amide bonds. The average molecular weight is 401 g/mol. The summed E-state index contributed by atoms with van der Waals surface area (Å²) in [6.45, 7) is 3.07. The van der Waals surface area contributed by atoms with Gasteiger partial charge in [-0.3, -0.25) is 4.79 Å². The van der Waals surface area contributed by atoms with Crippen molar-refractivity contribution >= 4 is 28.9 Å². The van der Waals surface area contributed by atoms with Crippen molar-refractivity contribution in [2.24, 2.45) is 0 Å². The van der Waals surface area contributed by atoms with E-state index in [1.54, 1.807) is 0 Å². The molecule has 0 aliphatic rings. The fourth-order valence-corrected chi connectivity index (χ4v) is 2.77. The Bertz CT molecular complexity index is 720. The first-order chi connectivity index (χ1) is 13.7. The van der Waals surface area contributed by atoms with Crippen LogP contribution in [0.4, 0.5) is 5.69 Å². The van der Waals surface area contributed by atoms with Crippen LogP contribution < -0.4 is 20.1 Å². The number of carbonyl (C=O) groups is 1. The average Bonchev–Trinajstić information content (AvgIpc) is 2.70. The van der Waals surface area contributed by atoms with E-state index in [0.717, 1.165) is 42.9 Å². The molecule has 0 unspecified atom stereocenters. The quantitative estimate of drug-likeness (QED) is 0.414. The van der Waals surface area contributed by atoms with Crippen molar-refractivity contribution in [2.45, 2.75) is 39.0 Å². The summed E-state index contributed by atoms with van der Waals surface area (Å²) in [6.07, 6.45) is 4.77. The normalized spacial score (nSPS) is 10.2. The summed E-state index contributed by atoms with van der Waals surface area (Å²) in [5.74, 6) is 1.52. The predicted molar refractivity (Wildman–Crippen MR) is 117 cm³/mol. The van der Waals surface area contributed by atoms with Crippen molar-refractivity contribution in [1.29, 1.82) is 0 Å². The predicted octanol–water partition coefficient (Wildman–Crippen LogP) is 4.93.